The van der Waals surface area contributed by atoms with Gasteiger partial charge in [0.15, 0.2) is 0 Å². The number of hydrogen-bond acceptors (Lipinski definition) is 4. The van der Waals surface area contributed by atoms with Crippen LogP contribution in [0.15, 0.2) is 36.9 Å². The summed E-state index contributed by atoms with van der Waals surface area (Å²) in [6.07, 6.45) is 1.53. The van der Waals surface area contributed by atoms with Crippen molar-refractivity contribution in [2.45, 2.75) is 33.1 Å². The number of aliphatic hydroxyl groups excluding tert-OH is 1. The van der Waals surface area contributed by atoms with Crippen molar-refractivity contribution >= 4 is 11.6 Å². The first kappa shape index (κ1) is 14.8. The summed E-state index contributed by atoms with van der Waals surface area (Å²) < 4.78 is 7.36. The van der Waals surface area contributed by atoms with E-state index in [0.717, 1.165) is 0 Å². The van der Waals surface area contributed by atoms with Gasteiger partial charge >= 0.3 is 0 Å². The minimum atomic E-state index is -0.750. The third kappa shape index (κ3) is 3.49. The molecule has 0 spiro atoms. The molecule has 0 saturated carbocycles. The lowest BCUT2D eigenvalue weighted by atomic mass is 9.88. The zero-order chi connectivity index (χ0) is 14.8. The number of aliphatic hydroxyl groups is 1. The Bertz CT molecular complexity index is 535. The highest BCUT2D eigenvalue weighted by Gasteiger charge is 2.34. The van der Waals surface area contributed by atoms with Crippen LogP contribution in [0, 0.1) is 5.41 Å². The Morgan fingerprint density at radius 3 is 2.40 bits per heavy atom. The molecule has 0 aliphatic rings. The third-order valence-corrected chi connectivity index (χ3v) is 3.18. The summed E-state index contributed by atoms with van der Waals surface area (Å²) in [5.41, 5.74) is -0.358. The fourth-order valence-corrected chi connectivity index (χ4v) is 1.82. The van der Waals surface area contributed by atoms with Crippen molar-refractivity contribution in [3.05, 3.63) is 41.9 Å². The van der Waals surface area contributed by atoms with Gasteiger partial charge in [-0.25, -0.2) is 9.67 Å². The number of halogens is 1. The molecule has 108 valence electrons. The van der Waals surface area contributed by atoms with Gasteiger partial charge in [-0.05, 0) is 29.7 Å². The summed E-state index contributed by atoms with van der Waals surface area (Å²) >= 11 is 5.85. The van der Waals surface area contributed by atoms with Crippen LogP contribution in [0.2, 0.25) is 5.02 Å². The average molecular weight is 296 g/mol. The first-order valence-corrected chi connectivity index (χ1v) is 6.70. The fourth-order valence-electron chi connectivity index (χ4n) is 1.69. The van der Waals surface area contributed by atoms with Crippen molar-refractivity contribution in [2.24, 2.45) is 5.41 Å². The van der Waals surface area contributed by atoms with E-state index in [2.05, 4.69) is 10.1 Å². The molecule has 0 radical (unpaired) electrons. The van der Waals surface area contributed by atoms with Gasteiger partial charge in [0.05, 0.1) is 0 Å². The van der Waals surface area contributed by atoms with E-state index in [1.807, 2.05) is 20.8 Å². The second-order valence-electron chi connectivity index (χ2n) is 5.65. The van der Waals surface area contributed by atoms with E-state index in [1.54, 1.807) is 24.3 Å². The molecule has 6 heteroatoms. The Morgan fingerprint density at radius 2 is 1.90 bits per heavy atom. The van der Waals surface area contributed by atoms with Crippen LogP contribution >= 0.6 is 11.6 Å². The molecule has 0 unspecified atom stereocenters. The number of hydrogen-bond donors (Lipinski definition) is 1. The van der Waals surface area contributed by atoms with Crippen LogP contribution in [0.5, 0.6) is 5.75 Å². The van der Waals surface area contributed by atoms with E-state index < -0.39 is 12.3 Å². The molecule has 1 heterocycles. The molecule has 2 aromatic rings. The summed E-state index contributed by atoms with van der Waals surface area (Å²) in [6.45, 7) is 5.81. The van der Waals surface area contributed by atoms with Crippen LogP contribution < -0.4 is 4.74 Å². The van der Waals surface area contributed by atoms with Gasteiger partial charge in [-0.2, -0.15) is 5.10 Å². The first-order valence-electron chi connectivity index (χ1n) is 6.32. The van der Waals surface area contributed by atoms with Crippen molar-refractivity contribution in [1.29, 1.82) is 0 Å². The molecule has 2 rings (SSSR count). The van der Waals surface area contributed by atoms with E-state index in [4.69, 9.17) is 16.3 Å². The van der Waals surface area contributed by atoms with Gasteiger partial charge in [0.25, 0.3) is 0 Å². The number of rotatable bonds is 4. The van der Waals surface area contributed by atoms with Crippen molar-refractivity contribution in [3.63, 3.8) is 0 Å². The van der Waals surface area contributed by atoms with E-state index >= 15 is 0 Å². The zero-order valence-corrected chi connectivity index (χ0v) is 12.4. The van der Waals surface area contributed by atoms with Crippen molar-refractivity contribution in [1.82, 2.24) is 14.8 Å². The topological polar surface area (TPSA) is 60.2 Å². The quantitative estimate of drug-likeness (QED) is 0.942. The molecule has 0 aliphatic heterocycles. The van der Waals surface area contributed by atoms with E-state index in [9.17, 15) is 5.11 Å². The predicted molar refractivity (Wildman–Crippen MR) is 76.6 cm³/mol. The molecular formula is C14H18ClN3O2. The Balaban J connectivity index is 2.26. The van der Waals surface area contributed by atoms with Crippen molar-refractivity contribution in [2.75, 3.05) is 0 Å². The second kappa shape index (κ2) is 5.81. The molecule has 0 saturated heterocycles. The maximum absolute atomic E-state index is 10.5. The van der Waals surface area contributed by atoms with Gasteiger partial charge in [-0.3, -0.25) is 0 Å². The van der Waals surface area contributed by atoms with Crippen LogP contribution in [0.25, 0.3) is 0 Å². The third-order valence-electron chi connectivity index (χ3n) is 2.93. The maximum atomic E-state index is 10.5. The summed E-state index contributed by atoms with van der Waals surface area (Å²) in [4.78, 5) is 3.90. The first-order chi connectivity index (χ1) is 9.38. The van der Waals surface area contributed by atoms with Gasteiger partial charge in [-0.1, -0.05) is 32.4 Å². The Morgan fingerprint density at radius 1 is 1.25 bits per heavy atom. The molecule has 20 heavy (non-hydrogen) atoms. The molecule has 0 aliphatic carbocycles. The molecule has 1 aromatic heterocycles. The minimum absolute atomic E-state index is 0.358. The van der Waals surface area contributed by atoms with Crippen LogP contribution in [0.4, 0.5) is 0 Å². The summed E-state index contributed by atoms with van der Waals surface area (Å²) in [5, 5.41) is 15.2. The lowest BCUT2D eigenvalue weighted by Gasteiger charge is -2.32. The zero-order valence-electron chi connectivity index (χ0n) is 11.7. The molecule has 5 nitrogen and oxygen atoms in total. The Kier molecular flexibility index (Phi) is 4.30. The van der Waals surface area contributed by atoms with Gasteiger partial charge in [0.2, 0.25) is 6.23 Å². The molecular weight excluding hydrogens is 278 g/mol. The molecule has 1 N–H and O–H groups in total. The van der Waals surface area contributed by atoms with Crippen LogP contribution in [-0.4, -0.2) is 26.0 Å². The molecule has 1 aromatic carbocycles. The second-order valence-corrected chi connectivity index (χ2v) is 6.09. The Hall–Kier alpha value is -1.59. The average Bonchev–Trinajstić information content (AvgIpc) is 2.90. The van der Waals surface area contributed by atoms with E-state index in [1.165, 1.54) is 17.3 Å². The molecule has 0 bridgehead atoms. The number of nitrogens with zero attached hydrogens (tertiary/aromatic N) is 3. The maximum Gasteiger partial charge on any atom is 0.219 e. The van der Waals surface area contributed by atoms with Gasteiger partial charge in [0, 0.05) is 5.02 Å². The summed E-state index contributed by atoms with van der Waals surface area (Å²) in [7, 11) is 0. The number of aromatic nitrogens is 3. The predicted octanol–water partition coefficient (Wildman–Crippen LogP) is 2.92. The van der Waals surface area contributed by atoms with Crippen LogP contribution in [0.1, 0.15) is 27.0 Å². The van der Waals surface area contributed by atoms with Gasteiger partial charge in [0.1, 0.15) is 24.5 Å². The minimum Gasteiger partial charge on any atom is -0.466 e. The van der Waals surface area contributed by atoms with Gasteiger partial charge < -0.3 is 9.84 Å². The summed E-state index contributed by atoms with van der Waals surface area (Å²) in [6, 6.07) is 6.97. The van der Waals surface area contributed by atoms with Crippen molar-refractivity contribution in [3.8, 4) is 5.75 Å². The molecule has 2 atom stereocenters. The van der Waals surface area contributed by atoms with Crippen LogP contribution in [0.3, 0.4) is 0 Å². The summed E-state index contributed by atoms with van der Waals surface area (Å²) in [5.74, 6) is 0.609. The standard InChI is InChI=1S/C14H18ClN3O2/c1-14(2,3)12(19)13(18-9-16-8-17-18)20-11-6-4-10(15)5-7-11/h4-9,12-13,19H,1-3H3/t12-,13-/m1/s1. The normalized spacial score (nSPS) is 14.8. The molecule has 0 amide bonds. The lowest BCUT2D eigenvalue weighted by molar-refractivity contribution is -0.0731. The fraction of sp³-hybridized carbons (Fsp3) is 0.429. The SMILES string of the molecule is CC(C)(C)[C@H](O)[C@@H](Oc1ccc(Cl)cc1)n1cncn1. The van der Waals surface area contributed by atoms with Gasteiger partial charge in [-0.15, -0.1) is 0 Å². The molecule has 0 fully saturated rings. The monoisotopic (exact) mass is 295 g/mol. The van der Waals surface area contributed by atoms with E-state index in [-0.39, 0.29) is 5.41 Å². The number of benzene rings is 1. The van der Waals surface area contributed by atoms with Crippen LogP contribution in [-0.2, 0) is 0 Å². The smallest absolute Gasteiger partial charge is 0.219 e. The van der Waals surface area contributed by atoms with E-state index in [0.29, 0.717) is 10.8 Å². The lowest BCUT2D eigenvalue weighted by Crippen LogP contribution is -2.38. The largest absolute Gasteiger partial charge is 0.466 e. The van der Waals surface area contributed by atoms with Crippen molar-refractivity contribution < 1.29 is 9.84 Å². The highest BCUT2D eigenvalue weighted by molar-refractivity contribution is 6.30. The highest BCUT2D eigenvalue weighted by atomic mass is 35.5. The Labute approximate surface area is 123 Å². The highest BCUT2D eigenvalue weighted by Crippen LogP contribution is 2.30. The number of ether oxygens (including phenoxy) is 1.